The molecule has 0 saturated heterocycles. The first-order valence-electron chi connectivity index (χ1n) is 9.59. The summed E-state index contributed by atoms with van der Waals surface area (Å²) in [6, 6.07) is 20.7. The molecular formula is C23H17N5O2S. The van der Waals surface area contributed by atoms with E-state index < -0.39 is 0 Å². The first kappa shape index (κ1) is 19.0. The summed E-state index contributed by atoms with van der Waals surface area (Å²) in [6.07, 6.45) is 1.77. The summed E-state index contributed by atoms with van der Waals surface area (Å²) in [5.74, 6) is -0.368. The van der Waals surface area contributed by atoms with Crippen molar-refractivity contribution in [3.05, 3.63) is 78.6 Å². The van der Waals surface area contributed by atoms with Crippen LogP contribution in [-0.4, -0.2) is 26.3 Å². The van der Waals surface area contributed by atoms with E-state index in [0.717, 1.165) is 26.9 Å². The molecule has 31 heavy (non-hydrogen) atoms. The monoisotopic (exact) mass is 427 g/mol. The molecule has 0 bridgehead atoms. The maximum absolute atomic E-state index is 12.7. The number of amides is 2. The molecule has 0 fully saturated rings. The van der Waals surface area contributed by atoms with Gasteiger partial charge in [-0.05, 0) is 54.6 Å². The molecule has 0 spiro atoms. The zero-order valence-corrected chi connectivity index (χ0v) is 17.3. The van der Waals surface area contributed by atoms with Crippen molar-refractivity contribution in [2.75, 3.05) is 10.6 Å². The minimum atomic E-state index is -0.233. The van der Waals surface area contributed by atoms with Crippen molar-refractivity contribution < 1.29 is 9.59 Å². The summed E-state index contributed by atoms with van der Waals surface area (Å²) < 4.78 is 2.86. The second-order valence-electron chi connectivity index (χ2n) is 6.99. The molecule has 2 N–H and O–H groups in total. The third-order valence-electron chi connectivity index (χ3n) is 4.79. The molecule has 0 radical (unpaired) electrons. The lowest BCUT2D eigenvalue weighted by atomic mass is 10.2. The van der Waals surface area contributed by atoms with Gasteiger partial charge in [0.1, 0.15) is 6.33 Å². The van der Waals surface area contributed by atoms with Crippen molar-refractivity contribution in [1.29, 1.82) is 0 Å². The number of fused-ring (bicyclic) bond motifs is 2. The fraction of sp³-hybridized carbons (Fsp3) is 0.0435. The largest absolute Gasteiger partial charge is 0.326 e. The second-order valence-corrected chi connectivity index (χ2v) is 8.02. The lowest BCUT2D eigenvalue weighted by Gasteiger charge is -2.06. The maximum Gasteiger partial charge on any atom is 0.257 e. The van der Waals surface area contributed by atoms with E-state index in [1.807, 2.05) is 53.1 Å². The summed E-state index contributed by atoms with van der Waals surface area (Å²) in [6.45, 7) is 1.46. The fourth-order valence-corrected chi connectivity index (χ4v) is 4.27. The van der Waals surface area contributed by atoms with Crippen LogP contribution in [0.5, 0.6) is 0 Å². The van der Waals surface area contributed by atoms with Crippen LogP contribution in [0.25, 0.3) is 26.9 Å². The molecule has 2 aromatic heterocycles. The number of nitrogens with zero attached hydrogens (tertiary/aromatic N) is 3. The summed E-state index contributed by atoms with van der Waals surface area (Å²) in [7, 11) is 0. The van der Waals surface area contributed by atoms with Crippen LogP contribution in [0.1, 0.15) is 17.3 Å². The van der Waals surface area contributed by atoms with E-state index in [9.17, 15) is 9.59 Å². The van der Waals surface area contributed by atoms with E-state index in [-0.39, 0.29) is 11.8 Å². The molecule has 0 aliphatic rings. The Morgan fingerprint density at radius 2 is 1.74 bits per heavy atom. The Hall–Kier alpha value is -4.04. The van der Waals surface area contributed by atoms with Crippen molar-refractivity contribution >= 4 is 55.2 Å². The normalized spacial score (nSPS) is 11.0. The number of hydrogen-bond acceptors (Lipinski definition) is 5. The fourth-order valence-electron chi connectivity index (χ4n) is 3.37. The lowest BCUT2D eigenvalue weighted by Crippen LogP contribution is -2.11. The molecular weight excluding hydrogens is 410 g/mol. The van der Waals surface area contributed by atoms with E-state index in [1.54, 1.807) is 24.5 Å². The van der Waals surface area contributed by atoms with Crippen LogP contribution in [0, 0.1) is 0 Å². The van der Waals surface area contributed by atoms with Crippen molar-refractivity contribution in [2.24, 2.45) is 0 Å². The van der Waals surface area contributed by atoms with Crippen molar-refractivity contribution in [2.45, 2.75) is 6.92 Å². The number of carbonyl (C=O) groups excluding carboxylic acids is 2. The molecule has 0 aliphatic carbocycles. The highest BCUT2D eigenvalue weighted by atomic mass is 32.1. The van der Waals surface area contributed by atoms with E-state index in [0.29, 0.717) is 16.4 Å². The summed E-state index contributed by atoms with van der Waals surface area (Å²) in [5, 5.41) is 6.10. The van der Waals surface area contributed by atoms with E-state index in [4.69, 9.17) is 0 Å². The molecule has 0 atom stereocenters. The number of rotatable bonds is 4. The van der Waals surface area contributed by atoms with Crippen molar-refractivity contribution in [3.63, 3.8) is 0 Å². The molecule has 2 amide bonds. The Kier molecular flexibility index (Phi) is 4.68. The van der Waals surface area contributed by atoms with Crippen molar-refractivity contribution in [1.82, 2.24) is 14.5 Å². The minimum absolute atomic E-state index is 0.135. The third kappa shape index (κ3) is 3.76. The quantitative estimate of drug-likeness (QED) is 0.429. The Morgan fingerprint density at radius 1 is 0.935 bits per heavy atom. The molecule has 0 unspecified atom stereocenters. The van der Waals surface area contributed by atoms with Gasteiger partial charge in [0.15, 0.2) is 5.13 Å². The topological polar surface area (TPSA) is 88.9 Å². The molecule has 0 saturated carbocycles. The van der Waals surface area contributed by atoms with Crippen LogP contribution >= 0.6 is 11.3 Å². The number of aromatic nitrogens is 3. The summed E-state index contributed by atoms with van der Waals surface area (Å²) >= 11 is 1.36. The van der Waals surface area contributed by atoms with Gasteiger partial charge in [-0.2, -0.15) is 0 Å². The van der Waals surface area contributed by atoms with Gasteiger partial charge >= 0.3 is 0 Å². The predicted molar refractivity (Wildman–Crippen MR) is 123 cm³/mol. The molecule has 8 heteroatoms. The molecule has 5 aromatic rings. The van der Waals surface area contributed by atoms with Crippen LogP contribution < -0.4 is 10.6 Å². The van der Waals surface area contributed by atoms with Gasteiger partial charge < -0.3 is 5.32 Å². The SMILES string of the molecule is CC(=O)Nc1ccc2nc(NC(=O)c3ccc(-n4cnc5ccccc54)cc3)sc2c1. The van der Waals surface area contributed by atoms with E-state index in [1.165, 1.54) is 18.3 Å². The van der Waals surface area contributed by atoms with Gasteiger partial charge in [-0.1, -0.05) is 23.5 Å². The average molecular weight is 427 g/mol. The molecule has 0 aliphatic heterocycles. The second kappa shape index (κ2) is 7.66. The predicted octanol–water partition coefficient (Wildman–Crippen LogP) is 4.85. The lowest BCUT2D eigenvalue weighted by molar-refractivity contribution is -0.114. The van der Waals surface area contributed by atoms with Gasteiger partial charge in [-0.25, -0.2) is 9.97 Å². The number of hydrogen-bond donors (Lipinski definition) is 2. The first-order chi connectivity index (χ1) is 15.1. The number of nitrogens with one attached hydrogen (secondary N) is 2. The molecule has 3 aromatic carbocycles. The zero-order chi connectivity index (χ0) is 21.4. The van der Waals surface area contributed by atoms with Gasteiger partial charge in [-0.15, -0.1) is 0 Å². The number of thiazole rings is 1. The first-order valence-corrected chi connectivity index (χ1v) is 10.4. The highest BCUT2D eigenvalue weighted by Crippen LogP contribution is 2.29. The standard InChI is InChI=1S/C23H17N5O2S/c1-14(29)25-16-8-11-19-21(12-16)31-23(26-19)27-22(30)15-6-9-17(10-7-15)28-13-24-18-4-2-3-5-20(18)28/h2-13H,1H3,(H,25,29)(H,26,27,30). The Morgan fingerprint density at radius 3 is 2.55 bits per heavy atom. The molecule has 5 rings (SSSR count). The van der Waals surface area contributed by atoms with E-state index in [2.05, 4.69) is 20.6 Å². The number of para-hydroxylation sites is 2. The van der Waals surface area contributed by atoms with Gasteiger partial charge in [0.25, 0.3) is 5.91 Å². The van der Waals surface area contributed by atoms with Gasteiger partial charge in [0.2, 0.25) is 5.91 Å². The van der Waals surface area contributed by atoms with Crippen LogP contribution in [0.15, 0.2) is 73.1 Å². The molecule has 7 nitrogen and oxygen atoms in total. The summed E-state index contributed by atoms with van der Waals surface area (Å²) in [4.78, 5) is 32.8. The van der Waals surface area contributed by atoms with Crippen LogP contribution in [0.4, 0.5) is 10.8 Å². The van der Waals surface area contributed by atoms with Crippen molar-refractivity contribution in [3.8, 4) is 5.69 Å². The number of anilines is 2. The highest BCUT2D eigenvalue weighted by Gasteiger charge is 2.12. The molecule has 2 heterocycles. The zero-order valence-electron chi connectivity index (χ0n) is 16.5. The minimum Gasteiger partial charge on any atom is -0.326 e. The van der Waals surface area contributed by atoms with Crippen LogP contribution in [-0.2, 0) is 4.79 Å². The Balaban J connectivity index is 1.35. The number of benzene rings is 3. The smallest absolute Gasteiger partial charge is 0.257 e. The maximum atomic E-state index is 12.7. The number of carbonyl (C=O) groups is 2. The van der Waals surface area contributed by atoms with E-state index >= 15 is 0 Å². The number of imidazole rings is 1. The third-order valence-corrected chi connectivity index (χ3v) is 5.72. The molecule has 152 valence electrons. The Labute approximate surface area is 181 Å². The Bertz CT molecular complexity index is 1440. The highest BCUT2D eigenvalue weighted by molar-refractivity contribution is 7.22. The van der Waals surface area contributed by atoms with Gasteiger partial charge in [0.05, 0.1) is 21.3 Å². The van der Waals surface area contributed by atoms with Gasteiger partial charge in [-0.3, -0.25) is 19.5 Å². The summed E-state index contributed by atoms with van der Waals surface area (Å²) in [5.41, 5.74) is 4.85. The average Bonchev–Trinajstić information content (AvgIpc) is 3.36. The van der Waals surface area contributed by atoms with Gasteiger partial charge in [0, 0.05) is 23.9 Å². The van der Waals surface area contributed by atoms with Crippen LogP contribution in [0.3, 0.4) is 0 Å². The van der Waals surface area contributed by atoms with Crippen LogP contribution in [0.2, 0.25) is 0 Å².